The van der Waals surface area contributed by atoms with Gasteiger partial charge in [0.2, 0.25) is 0 Å². The smallest absolute Gasteiger partial charge is 0.250 e. The maximum Gasteiger partial charge on any atom is 0.250 e. The molecule has 1 aliphatic rings. The molecule has 0 amide bonds. The number of hydrogen-bond donors (Lipinski definition) is 2. The van der Waals surface area contributed by atoms with Gasteiger partial charge >= 0.3 is 0 Å². The van der Waals surface area contributed by atoms with Crippen LogP contribution in [0.25, 0.3) is 0 Å². The van der Waals surface area contributed by atoms with Crippen molar-refractivity contribution in [2.75, 3.05) is 26.7 Å². The maximum atomic E-state index is 11.9. The number of likely N-dealkylation sites (tertiary alicyclic amines) is 1. The number of benzene rings is 1. The van der Waals surface area contributed by atoms with Crippen LogP contribution in [-0.4, -0.2) is 42.1 Å². The zero-order chi connectivity index (χ0) is 22.2. The fourth-order valence-electron chi connectivity index (χ4n) is 4.09. The largest absolute Gasteiger partial charge is 0.468 e. The number of aromatic nitrogens is 1. The van der Waals surface area contributed by atoms with E-state index >= 15 is 0 Å². The molecular formula is C25H31N5O2. The minimum atomic E-state index is 0.00917. The Morgan fingerprint density at radius 3 is 2.50 bits per heavy atom. The first-order valence-corrected chi connectivity index (χ1v) is 11.2. The van der Waals surface area contributed by atoms with Crippen LogP contribution in [0, 0.1) is 0 Å². The Balaban J connectivity index is 1.30. The second-order valence-corrected chi connectivity index (χ2v) is 8.06. The number of guanidine groups is 1. The minimum absolute atomic E-state index is 0.00917. The first-order valence-electron chi connectivity index (χ1n) is 11.2. The van der Waals surface area contributed by atoms with Crippen LogP contribution in [-0.2, 0) is 13.1 Å². The second-order valence-electron chi connectivity index (χ2n) is 8.06. The van der Waals surface area contributed by atoms with E-state index in [1.807, 2.05) is 24.4 Å². The van der Waals surface area contributed by atoms with Crippen molar-refractivity contribution in [2.45, 2.75) is 32.0 Å². The van der Waals surface area contributed by atoms with E-state index in [2.05, 4.69) is 44.8 Å². The summed E-state index contributed by atoms with van der Waals surface area (Å²) < 4.78 is 7.40. The Bertz CT molecular complexity index is 1050. The third-order valence-electron chi connectivity index (χ3n) is 5.87. The van der Waals surface area contributed by atoms with Gasteiger partial charge in [-0.1, -0.05) is 30.3 Å². The molecule has 1 atom stereocenters. The average Bonchev–Trinajstić information content (AvgIpc) is 3.54. The number of nitrogens with one attached hydrogen (secondary N) is 2. The van der Waals surface area contributed by atoms with Crippen LogP contribution in [0.3, 0.4) is 0 Å². The van der Waals surface area contributed by atoms with E-state index in [9.17, 15) is 4.79 Å². The van der Waals surface area contributed by atoms with E-state index < -0.39 is 0 Å². The molecule has 0 bridgehead atoms. The molecule has 2 aromatic heterocycles. The van der Waals surface area contributed by atoms with Gasteiger partial charge < -0.3 is 19.6 Å². The molecule has 4 rings (SSSR count). The lowest BCUT2D eigenvalue weighted by Crippen LogP contribution is -2.42. The predicted molar refractivity (Wildman–Crippen MR) is 127 cm³/mol. The van der Waals surface area contributed by atoms with E-state index in [0.717, 1.165) is 42.5 Å². The third kappa shape index (κ3) is 5.68. The van der Waals surface area contributed by atoms with Crippen molar-refractivity contribution in [3.05, 3.63) is 94.3 Å². The van der Waals surface area contributed by atoms with Crippen molar-refractivity contribution < 1.29 is 4.42 Å². The molecule has 3 heterocycles. The second kappa shape index (κ2) is 10.8. The molecule has 7 heteroatoms. The van der Waals surface area contributed by atoms with Crippen LogP contribution in [0.5, 0.6) is 0 Å². The molecule has 1 fully saturated rings. The monoisotopic (exact) mass is 433 g/mol. The summed E-state index contributed by atoms with van der Waals surface area (Å²) in [5.74, 6) is 1.75. The summed E-state index contributed by atoms with van der Waals surface area (Å²) in [6, 6.07) is 17.7. The molecule has 0 saturated carbocycles. The van der Waals surface area contributed by atoms with Gasteiger partial charge in [0.05, 0.1) is 18.8 Å². The van der Waals surface area contributed by atoms with Crippen molar-refractivity contribution in [3.8, 4) is 0 Å². The van der Waals surface area contributed by atoms with Gasteiger partial charge in [0.1, 0.15) is 5.76 Å². The predicted octanol–water partition coefficient (Wildman–Crippen LogP) is 2.99. The van der Waals surface area contributed by atoms with Crippen LogP contribution in [0.15, 0.2) is 81.3 Å². The van der Waals surface area contributed by atoms with Gasteiger partial charge in [-0.25, -0.2) is 0 Å². The number of nitrogens with zero attached hydrogens (tertiary/aromatic N) is 3. The van der Waals surface area contributed by atoms with E-state index in [0.29, 0.717) is 13.1 Å². The fraction of sp³-hybridized carbons (Fsp3) is 0.360. The number of hydrogen-bond acceptors (Lipinski definition) is 4. The normalized spacial score (nSPS) is 15.6. The van der Waals surface area contributed by atoms with E-state index in [1.54, 1.807) is 30.0 Å². The lowest BCUT2D eigenvalue weighted by molar-refractivity contribution is 0.215. The topological polar surface area (TPSA) is 74.8 Å². The van der Waals surface area contributed by atoms with Gasteiger partial charge in [0, 0.05) is 32.4 Å². The highest BCUT2D eigenvalue weighted by molar-refractivity contribution is 5.79. The molecule has 0 radical (unpaired) electrons. The molecule has 7 nitrogen and oxygen atoms in total. The molecule has 1 saturated heterocycles. The van der Waals surface area contributed by atoms with Crippen LogP contribution in [0.2, 0.25) is 0 Å². The van der Waals surface area contributed by atoms with Gasteiger partial charge in [0.25, 0.3) is 5.56 Å². The molecule has 168 valence electrons. The summed E-state index contributed by atoms with van der Waals surface area (Å²) in [5, 5.41) is 6.84. The van der Waals surface area contributed by atoms with Gasteiger partial charge in [-0.2, -0.15) is 0 Å². The molecule has 1 unspecified atom stereocenters. The maximum absolute atomic E-state index is 11.9. The first-order chi connectivity index (χ1) is 15.7. The number of furan rings is 1. The quantitative estimate of drug-likeness (QED) is 0.422. The summed E-state index contributed by atoms with van der Waals surface area (Å²) in [7, 11) is 1.79. The molecule has 0 aliphatic carbocycles. The van der Waals surface area contributed by atoms with Crippen molar-refractivity contribution in [1.29, 1.82) is 0 Å². The third-order valence-corrected chi connectivity index (χ3v) is 5.87. The van der Waals surface area contributed by atoms with E-state index in [-0.39, 0.29) is 11.6 Å². The van der Waals surface area contributed by atoms with Gasteiger partial charge in [0.15, 0.2) is 5.96 Å². The highest BCUT2D eigenvalue weighted by Crippen LogP contribution is 2.24. The van der Waals surface area contributed by atoms with Crippen molar-refractivity contribution >= 4 is 5.96 Å². The summed E-state index contributed by atoms with van der Waals surface area (Å²) in [4.78, 5) is 18.7. The average molecular weight is 434 g/mol. The fourth-order valence-corrected chi connectivity index (χ4v) is 4.09. The standard InChI is InChI=1S/C25H31N5O2/c1-26-25(28-18-22(23-7-6-16-32-23)29-13-4-5-14-29)27-17-20-9-11-21(12-10-20)19-30-15-3-2-8-24(30)31/h2-3,6-12,15-16,22H,4-5,13-14,17-19H2,1H3,(H2,26,27,28). The Kier molecular flexibility index (Phi) is 7.40. The SMILES string of the molecule is CN=C(NCc1ccc(Cn2ccccc2=O)cc1)NCC(c1ccco1)N1CCCC1. The molecule has 0 spiro atoms. The zero-order valence-corrected chi connectivity index (χ0v) is 18.5. The van der Waals surface area contributed by atoms with Gasteiger partial charge in [-0.15, -0.1) is 0 Å². The summed E-state index contributed by atoms with van der Waals surface area (Å²) in [6.07, 6.45) is 6.02. The van der Waals surface area contributed by atoms with E-state index in [1.165, 1.54) is 12.8 Å². The lowest BCUT2D eigenvalue weighted by Gasteiger charge is -2.26. The van der Waals surface area contributed by atoms with Crippen LogP contribution < -0.4 is 16.2 Å². The Hall–Kier alpha value is -3.32. The number of aliphatic imine (C=N–C) groups is 1. The molecular weight excluding hydrogens is 402 g/mol. The zero-order valence-electron chi connectivity index (χ0n) is 18.5. The molecule has 2 N–H and O–H groups in total. The van der Waals surface area contributed by atoms with Crippen molar-refractivity contribution in [1.82, 2.24) is 20.1 Å². The summed E-state index contributed by atoms with van der Waals surface area (Å²) >= 11 is 0. The summed E-state index contributed by atoms with van der Waals surface area (Å²) in [6.45, 7) is 4.17. The Morgan fingerprint density at radius 1 is 1.03 bits per heavy atom. The van der Waals surface area contributed by atoms with Crippen molar-refractivity contribution in [2.24, 2.45) is 4.99 Å². The Labute approximate surface area is 188 Å². The highest BCUT2D eigenvalue weighted by Gasteiger charge is 2.25. The minimum Gasteiger partial charge on any atom is -0.468 e. The molecule has 32 heavy (non-hydrogen) atoms. The lowest BCUT2D eigenvalue weighted by atomic mass is 10.1. The van der Waals surface area contributed by atoms with E-state index in [4.69, 9.17) is 4.42 Å². The van der Waals surface area contributed by atoms with Crippen molar-refractivity contribution in [3.63, 3.8) is 0 Å². The number of rotatable bonds is 8. The number of pyridine rings is 1. The highest BCUT2D eigenvalue weighted by atomic mass is 16.3. The molecule has 1 aromatic carbocycles. The van der Waals surface area contributed by atoms with Crippen LogP contribution >= 0.6 is 0 Å². The first kappa shape index (κ1) is 21.9. The molecule has 1 aliphatic heterocycles. The van der Waals surface area contributed by atoms with Crippen LogP contribution in [0.4, 0.5) is 0 Å². The Morgan fingerprint density at radius 2 is 1.81 bits per heavy atom. The van der Waals surface area contributed by atoms with Gasteiger partial charge in [-0.3, -0.25) is 14.7 Å². The van der Waals surface area contributed by atoms with Crippen LogP contribution in [0.1, 0.15) is 35.8 Å². The summed E-state index contributed by atoms with van der Waals surface area (Å²) in [5.41, 5.74) is 2.26. The van der Waals surface area contributed by atoms with Gasteiger partial charge in [-0.05, 0) is 55.3 Å². The molecule has 3 aromatic rings.